The summed E-state index contributed by atoms with van der Waals surface area (Å²) in [4.78, 5) is 23.3. The van der Waals surface area contributed by atoms with Gasteiger partial charge >= 0.3 is 11.9 Å². The molecule has 0 amide bonds. The highest BCUT2D eigenvalue weighted by atomic mass is 19.1. The standard InChI is InChI=1S/C18H14F4O4/c19-11-3-5-13(15(21)9-11)17(23)25-7-1-2-8-26-18(24)14-6-4-12(20)10-16(14)22/h3-6,9-10H,1-2,7-8H2. The first-order valence-electron chi connectivity index (χ1n) is 7.63. The van der Waals surface area contributed by atoms with Crippen LogP contribution in [-0.2, 0) is 9.47 Å². The predicted octanol–water partition coefficient (Wildman–Crippen LogP) is 4.04. The van der Waals surface area contributed by atoms with Crippen molar-refractivity contribution in [1.82, 2.24) is 0 Å². The van der Waals surface area contributed by atoms with Crippen LogP contribution in [0.15, 0.2) is 36.4 Å². The lowest BCUT2D eigenvalue weighted by Crippen LogP contribution is -2.11. The first-order chi connectivity index (χ1) is 12.4. The zero-order valence-electron chi connectivity index (χ0n) is 13.4. The third kappa shape index (κ3) is 5.30. The second kappa shape index (κ2) is 8.98. The largest absolute Gasteiger partial charge is 0.462 e. The van der Waals surface area contributed by atoms with E-state index in [1.54, 1.807) is 0 Å². The highest BCUT2D eigenvalue weighted by Gasteiger charge is 2.15. The number of hydrogen-bond acceptors (Lipinski definition) is 4. The minimum absolute atomic E-state index is 0.0713. The number of carbonyl (C=O) groups is 2. The Hall–Kier alpha value is -2.90. The van der Waals surface area contributed by atoms with Gasteiger partial charge in [-0.3, -0.25) is 0 Å². The van der Waals surface area contributed by atoms with E-state index in [1.807, 2.05) is 0 Å². The molecule has 0 atom stereocenters. The number of halogens is 4. The average molecular weight is 370 g/mol. The van der Waals surface area contributed by atoms with E-state index in [-0.39, 0.29) is 24.3 Å². The van der Waals surface area contributed by atoms with Gasteiger partial charge in [0.25, 0.3) is 0 Å². The van der Waals surface area contributed by atoms with Crippen molar-refractivity contribution in [2.75, 3.05) is 13.2 Å². The van der Waals surface area contributed by atoms with Crippen molar-refractivity contribution < 1.29 is 36.6 Å². The molecular weight excluding hydrogens is 356 g/mol. The molecule has 138 valence electrons. The summed E-state index contributed by atoms with van der Waals surface area (Å²) in [5.41, 5.74) is -0.769. The molecule has 0 unspecified atom stereocenters. The highest BCUT2D eigenvalue weighted by Crippen LogP contribution is 2.12. The summed E-state index contributed by atoms with van der Waals surface area (Å²) < 4.78 is 61.9. The first-order valence-corrected chi connectivity index (χ1v) is 7.63. The summed E-state index contributed by atoms with van der Waals surface area (Å²) in [5.74, 6) is -5.53. The molecular formula is C18H14F4O4. The molecule has 26 heavy (non-hydrogen) atoms. The van der Waals surface area contributed by atoms with Gasteiger partial charge in [0.05, 0.1) is 24.3 Å². The number of esters is 2. The average Bonchev–Trinajstić information content (AvgIpc) is 2.57. The topological polar surface area (TPSA) is 52.6 Å². The van der Waals surface area contributed by atoms with Gasteiger partial charge in [0.15, 0.2) is 0 Å². The molecule has 0 aliphatic heterocycles. The maximum Gasteiger partial charge on any atom is 0.341 e. The van der Waals surface area contributed by atoms with Crippen LogP contribution >= 0.6 is 0 Å². The van der Waals surface area contributed by atoms with E-state index < -0.39 is 35.2 Å². The first kappa shape index (κ1) is 19.4. The molecule has 0 saturated carbocycles. The monoisotopic (exact) mass is 370 g/mol. The van der Waals surface area contributed by atoms with Crippen molar-refractivity contribution in [3.05, 3.63) is 70.8 Å². The van der Waals surface area contributed by atoms with E-state index in [0.29, 0.717) is 25.0 Å². The van der Waals surface area contributed by atoms with Gasteiger partial charge in [-0.2, -0.15) is 0 Å². The molecule has 0 radical (unpaired) electrons. The van der Waals surface area contributed by atoms with Gasteiger partial charge < -0.3 is 9.47 Å². The lowest BCUT2D eigenvalue weighted by Gasteiger charge is -2.07. The maximum absolute atomic E-state index is 13.4. The second-order valence-electron chi connectivity index (χ2n) is 5.23. The van der Waals surface area contributed by atoms with Crippen molar-refractivity contribution in [2.45, 2.75) is 12.8 Å². The molecule has 2 rings (SSSR count). The quantitative estimate of drug-likeness (QED) is 0.419. The Bertz CT molecular complexity index is 740. The van der Waals surface area contributed by atoms with E-state index in [4.69, 9.17) is 9.47 Å². The molecule has 2 aromatic carbocycles. The van der Waals surface area contributed by atoms with Crippen LogP contribution in [0.5, 0.6) is 0 Å². The molecule has 0 saturated heterocycles. The van der Waals surface area contributed by atoms with Crippen LogP contribution in [0, 0.1) is 23.3 Å². The van der Waals surface area contributed by atoms with Gasteiger partial charge in [0.2, 0.25) is 0 Å². The molecule has 0 bridgehead atoms. The molecule has 0 spiro atoms. The van der Waals surface area contributed by atoms with Gasteiger partial charge in [0, 0.05) is 12.1 Å². The Kier molecular flexibility index (Phi) is 6.71. The molecule has 0 fully saturated rings. The number of carbonyl (C=O) groups excluding carboxylic acids is 2. The molecule has 0 N–H and O–H groups in total. The molecule has 0 aromatic heterocycles. The molecule has 0 aliphatic carbocycles. The minimum atomic E-state index is -1.02. The fourth-order valence-corrected chi connectivity index (χ4v) is 2.00. The Balaban J connectivity index is 1.69. The number of rotatable bonds is 7. The Morgan fingerprint density at radius 3 is 1.42 bits per heavy atom. The van der Waals surface area contributed by atoms with Crippen molar-refractivity contribution >= 4 is 11.9 Å². The Morgan fingerprint density at radius 1 is 0.692 bits per heavy atom. The van der Waals surface area contributed by atoms with Crippen LogP contribution in [0.2, 0.25) is 0 Å². The lowest BCUT2D eigenvalue weighted by atomic mass is 10.2. The third-order valence-electron chi connectivity index (χ3n) is 3.31. The lowest BCUT2D eigenvalue weighted by molar-refractivity contribution is 0.0426. The third-order valence-corrected chi connectivity index (χ3v) is 3.31. The van der Waals surface area contributed by atoms with Gasteiger partial charge in [-0.05, 0) is 37.1 Å². The summed E-state index contributed by atoms with van der Waals surface area (Å²) in [6.45, 7) is -0.143. The number of ether oxygens (including phenoxy) is 2. The molecule has 0 aliphatic rings. The molecule has 0 heterocycles. The Morgan fingerprint density at radius 2 is 1.08 bits per heavy atom. The van der Waals surface area contributed by atoms with E-state index in [9.17, 15) is 27.2 Å². The second-order valence-corrected chi connectivity index (χ2v) is 5.23. The van der Waals surface area contributed by atoms with Crippen LogP contribution in [0.1, 0.15) is 33.6 Å². The predicted molar refractivity (Wildman–Crippen MR) is 82.5 cm³/mol. The SMILES string of the molecule is O=C(OCCCCOC(=O)c1ccc(F)cc1F)c1ccc(F)cc1F. The summed E-state index contributed by atoms with van der Waals surface area (Å²) in [6, 6.07) is 4.98. The van der Waals surface area contributed by atoms with Gasteiger partial charge in [0.1, 0.15) is 23.3 Å². The van der Waals surface area contributed by atoms with E-state index in [0.717, 1.165) is 24.3 Å². The normalized spacial score (nSPS) is 10.5. The molecule has 8 heteroatoms. The van der Waals surface area contributed by atoms with E-state index >= 15 is 0 Å². The number of benzene rings is 2. The summed E-state index contributed by atoms with van der Waals surface area (Å²) >= 11 is 0. The van der Waals surface area contributed by atoms with E-state index in [2.05, 4.69) is 0 Å². The van der Waals surface area contributed by atoms with Crippen molar-refractivity contribution in [1.29, 1.82) is 0 Å². The summed E-state index contributed by atoms with van der Waals surface area (Å²) in [5, 5.41) is 0. The van der Waals surface area contributed by atoms with Crippen molar-refractivity contribution in [2.24, 2.45) is 0 Å². The van der Waals surface area contributed by atoms with Crippen LogP contribution in [0.4, 0.5) is 17.6 Å². The van der Waals surface area contributed by atoms with Crippen LogP contribution in [-0.4, -0.2) is 25.2 Å². The zero-order chi connectivity index (χ0) is 19.1. The highest BCUT2D eigenvalue weighted by molar-refractivity contribution is 5.90. The number of unbranched alkanes of at least 4 members (excludes halogenated alkanes) is 1. The van der Waals surface area contributed by atoms with E-state index in [1.165, 1.54) is 0 Å². The Labute approximate surface area is 146 Å². The minimum Gasteiger partial charge on any atom is -0.462 e. The smallest absolute Gasteiger partial charge is 0.341 e. The molecule has 4 nitrogen and oxygen atoms in total. The fourth-order valence-electron chi connectivity index (χ4n) is 2.00. The molecule has 2 aromatic rings. The zero-order valence-corrected chi connectivity index (χ0v) is 13.4. The fraction of sp³-hybridized carbons (Fsp3) is 0.222. The van der Waals surface area contributed by atoms with Crippen LogP contribution in [0.25, 0.3) is 0 Å². The van der Waals surface area contributed by atoms with Crippen molar-refractivity contribution in [3.8, 4) is 0 Å². The van der Waals surface area contributed by atoms with Gasteiger partial charge in [-0.1, -0.05) is 0 Å². The summed E-state index contributed by atoms with van der Waals surface area (Å²) in [7, 11) is 0. The van der Waals surface area contributed by atoms with Crippen LogP contribution < -0.4 is 0 Å². The van der Waals surface area contributed by atoms with Gasteiger partial charge in [-0.25, -0.2) is 27.2 Å². The van der Waals surface area contributed by atoms with Gasteiger partial charge in [-0.15, -0.1) is 0 Å². The summed E-state index contributed by atoms with van der Waals surface area (Å²) in [6.07, 6.45) is 0.599. The maximum atomic E-state index is 13.4. The van der Waals surface area contributed by atoms with Crippen molar-refractivity contribution in [3.63, 3.8) is 0 Å². The van der Waals surface area contributed by atoms with Crippen LogP contribution in [0.3, 0.4) is 0 Å². The number of hydrogen-bond donors (Lipinski definition) is 0.